The molecule has 2 atom stereocenters. The van der Waals surface area contributed by atoms with Crippen molar-refractivity contribution in [2.24, 2.45) is 0 Å². The zero-order valence-corrected chi connectivity index (χ0v) is 16.0. The van der Waals surface area contributed by atoms with Crippen LogP contribution in [0.5, 0.6) is 0 Å². The third-order valence-electron chi connectivity index (χ3n) is 6.15. The highest BCUT2D eigenvalue weighted by molar-refractivity contribution is 5.79. The van der Waals surface area contributed by atoms with Crippen LogP contribution in [0.4, 0.5) is 4.39 Å². The average Bonchev–Trinajstić information content (AvgIpc) is 3.39. The summed E-state index contributed by atoms with van der Waals surface area (Å²) in [5.41, 5.74) is -0.120. The van der Waals surface area contributed by atoms with Crippen molar-refractivity contribution in [3.8, 4) is 6.07 Å². The van der Waals surface area contributed by atoms with Crippen molar-refractivity contribution in [2.45, 2.75) is 94.4 Å². The quantitative estimate of drug-likeness (QED) is 0.678. The highest BCUT2D eigenvalue weighted by atomic mass is 19.1. The summed E-state index contributed by atoms with van der Waals surface area (Å²) in [5, 5.41) is 15.6. The Morgan fingerprint density at radius 2 is 1.96 bits per heavy atom. The van der Waals surface area contributed by atoms with Gasteiger partial charge >= 0.3 is 0 Å². The molecule has 7 heteroatoms. The predicted octanol–water partition coefficient (Wildman–Crippen LogP) is 2.19. The minimum absolute atomic E-state index is 0.0209. The van der Waals surface area contributed by atoms with Gasteiger partial charge in [-0.3, -0.25) is 9.59 Å². The van der Waals surface area contributed by atoms with Gasteiger partial charge in [0, 0.05) is 24.4 Å². The molecule has 0 aromatic carbocycles. The standard InChI is InChI=1S/C20H31FN4O2/c21-15-11-17(12-22)25(14-15)19(27)13-23-20(8-2-1-3-9-20)10-4-5-18(26)24-16-6-7-16/h15-17,23H,1-11,13-14H2,(H,24,26). The fourth-order valence-corrected chi connectivity index (χ4v) is 4.41. The molecular weight excluding hydrogens is 347 g/mol. The number of nitrogens with zero attached hydrogens (tertiary/aromatic N) is 2. The number of hydrogen-bond donors (Lipinski definition) is 2. The van der Waals surface area contributed by atoms with Crippen molar-refractivity contribution in [1.82, 2.24) is 15.5 Å². The minimum atomic E-state index is -1.10. The molecule has 1 aliphatic heterocycles. The summed E-state index contributed by atoms with van der Waals surface area (Å²) in [4.78, 5) is 25.8. The second kappa shape index (κ2) is 9.01. The summed E-state index contributed by atoms with van der Waals surface area (Å²) in [6.07, 6.45) is 8.83. The Kier molecular flexibility index (Phi) is 6.69. The molecule has 0 radical (unpaired) electrons. The Hall–Kier alpha value is -1.68. The normalized spacial score (nSPS) is 27.2. The van der Waals surface area contributed by atoms with Crippen LogP contribution in [0.2, 0.25) is 0 Å². The molecule has 6 nitrogen and oxygen atoms in total. The van der Waals surface area contributed by atoms with Gasteiger partial charge < -0.3 is 15.5 Å². The van der Waals surface area contributed by atoms with E-state index >= 15 is 0 Å². The van der Waals surface area contributed by atoms with Crippen LogP contribution >= 0.6 is 0 Å². The van der Waals surface area contributed by atoms with Crippen molar-refractivity contribution < 1.29 is 14.0 Å². The van der Waals surface area contributed by atoms with Crippen LogP contribution in [0.1, 0.15) is 70.6 Å². The van der Waals surface area contributed by atoms with E-state index in [1.807, 2.05) is 6.07 Å². The Morgan fingerprint density at radius 3 is 2.63 bits per heavy atom. The van der Waals surface area contributed by atoms with E-state index in [0.717, 1.165) is 51.4 Å². The largest absolute Gasteiger partial charge is 0.353 e. The minimum Gasteiger partial charge on any atom is -0.353 e. The van der Waals surface area contributed by atoms with E-state index in [1.54, 1.807) is 0 Å². The molecule has 3 fully saturated rings. The summed E-state index contributed by atoms with van der Waals surface area (Å²) in [6.45, 7) is 0.159. The molecule has 1 saturated heterocycles. The number of rotatable bonds is 8. The molecule has 3 aliphatic rings. The maximum Gasteiger partial charge on any atom is 0.237 e. The van der Waals surface area contributed by atoms with E-state index in [0.29, 0.717) is 12.5 Å². The first-order chi connectivity index (χ1) is 13.0. The first-order valence-corrected chi connectivity index (χ1v) is 10.4. The highest BCUT2D eigenvalue weighted by Crippen LogP contribution is 2.33. The first-order valence-electron chi connectivity index (χ1n) is 10.4. The second-order valence-corrected chi connectivity index (χ2v) is 8.41. The van der Waals surface area contributed by atoms with E-state index in [1.165, 1.54) is 11.3 Å². The van der Waals surface area contributed by atoms with E-state index in [9.17, 15) is 14.0 Å². The van der Waals surface area contributed by atoms with Crippen LogP contribution in [-0.2, 0) is 9.59 Å². The van der Waals surface area contributed by atoms with E-state index in [2.05, 4.69) is 10.6 Å². The molecule has 150 valence electrons. The molecule has 0 spiro atoms. The number of nitrogens with one attached hydrogen (secondary N) is 2. The maximum atomic E-state index is 13.6. The molecular formula is C20H31FN4O2. The van der Waals surface area contributed by atoms with Crippen LogP contribution in [0.15, 0.2) is 0 Å². The summed E-state index contributed by atoms with van der Waals surface area (Å²) in [7, 11) is 0. The Labute approximate surface area is 160 Å². The fraction of sp³-hybridized carbons (Fsp3) is 0.850. The van der Waals surface area contributed by atoms with Crippen LogP contribution in [0, 0.1) is 11.3 Å². The smallest absolute Gasteiger partial charge is 0.237 e. The summed E-state index contributed by atoms with van der Waals surface area (Å²) in [5.74, 6) is -0.0689. The van der Waals surface area contributed by atoms with Crippen molar-refractivity contribution >= 4 is 11.8 Å². The third kappa shape index (κ3) is 5.65. The Morgan fingerprint density at radius 1 is 1.22 bits per heavy atom. The van der Waals surface area contributed by atoms with Gasteiger partial charge in [0.1, 0.15) is 12.2 Å². The van der Waals surface area contributed by atoms with Gasteiger partial charge in [0.15, 0.2) is 0 Å². The number of nitriles is 1. The van der Waals surface area contributed by atoms with Gasteiger partial charge in [-0.2, -0.15) is 5.26 Å². The molecule has 2 aliphatic carbocycles. The lowest BCUT2D eigenvalue weighted by atomic mass is 9.78. The maximum absolute atomic E-state index is 13.6. The number of alkyl halides is 1. The number of hydrogen-bond acceptors (Lipinski definition) is 4. The summed E-state index contributed by atoms with van der Waals surface area (Å²) in [6, 6.07) is 1.78. The molecule has 27 heavy (non-hydrogen) atoms. The monoisotopic (exact) mass is 378 g/mol. The van der Waals surface area contributed by atoms with Gasteiger partial charge in [0.2, 0.25) is 11.8 Å². The van der Waals surface area contributed by atoms with Crippen LogP contribution in [0.25, 0.3) is 0 Å². The second-order valence-electron chi connectivity index (χ2n) is 8.41. The zero-order valence-electron chi connectivity index (χ0n) is 16.0. The summed E-state index contributed by atoms with van der Waals surface area (Å²) < 4.78 is 13.6. The van der Waals surface area contributed by atoms with Crippen LogP contribution < -0.4 is 10.6 Å². The molecule has 2 amide bonds. The zero-order chi connectivity index (χ0) is 19.3. The number of amides is 2. The first kappa shape index (κ1) is 20.1. The van der Waals surface area contributed by atoms with Crippen molar-refractivity contribution in [3.05, 3.63) is 0 Å². The van der Waals surface area contributed by atoms with Crippen LogP contribution in [0.3, 0.4) is 0 Å². The summed E-state index contributed by atoms with van der Waals surface area (Å²) >= 11 is 0. The highest BCUT2D eigenvalue weighted by Gasteiger charge is 2.37. The topological polar surface area (TPSA) is 85.2 Å². The SMILES string of the molecule is N#CC1CC(F)CN1C(=O)CNC1(CCCC(=O)NC2CC2)CCCCC1. The average molecular weight is 378 g/mol. The number of halogens is 1. The van der Waals surface area contributed by atoms with Crippen molar-refractivity contribution in [3.63, 3.8) is 0 Å². The number of carbonyl (C=O) groups excluding carboxylic acids is 2. The molecule has 0 bridgehead atoms. The number of carbonyl (C=O) groups is 2. The molecule has 0 aromatic heterocycles. The molecule has 2 N–H and O–H groups in total. The lowest BCUT2D eigenvalue weighted by molar-refractivity contribution is -0.131. The van der Waals surface area contributed by atoms with Gasteiger partial charge in [-0.15, -0.1) is 0 Å². The van der Waals surface area contributed by atoms with E-state index in [4.69, 9.17) is 5.26 Å². The van der Waals surface area contributed by atoms with Crippen molar-refractivity contribution in [1.29, 1.82) is 5.26 Å². The van der Waals surface area contributed by atoms with E-state index < -0.39 is 12.2 Å². The lowest BCUT2D eigenvalue weighted by Crippen LogP contribution is -2.51. The number of likely N-dealkylation sites (tertiary alicyclic amines) is 1. The molecule has 3 rings (SSSR count). The van der Waals surface area contributed by atoms with Gasteiger partial charge in [0.05, 0.1) is 19.2 Å². The molecule has 2 saturated carbocycles. The third-order valence-corrected chi connectivity index (χ3v) is 6.15. The van der Waals surface area contributed by atoms with Gasteiger partial charge in [-0.25, -0.2) is 4.39 Å². The van der Waals surface area contributed by atoms with Gasteiger partial charge in [0.25, 0.3) is 0 Å². The predicted molar refractivity (Wildman–Crippen MR) is 99.5 cm³/mol. The van der Waals surface area contributed by atoms with Gasteiger partial charge in [-0.05, 0) is 38.5 Å². The molecule has 1 heterocycles. The lowest BCUT2D eigenvalue weighted by Gasteiger charge is -2.39. The van der Waals surface area contributed by atoms with E-state index in [-0.39, 0.29) is 36.9 Å². The van der Waals surface area contributed by atoms with Crippen molar-refractivity contribution in [2.75, 3.05) is 13.1 Å². The van der Waals surface area contributed by atoms with Gasteiger partial charge in [-0.1, -0.05) is 19.3 Å². The molecule has 2 unspecified atom stereocenters. The Bertz CT molecular complexity index is 581. The van der Waals surface area contributed by atoms with Crippen LogP contribution in [-0.4, -0.2) is 53.6 Å². The fourth-order valence-electron chi connectivity index (χ4n) is 4.41. The molecule has 0 aromatic rings. The Balaban J connectivity index is 1.49.